The third-order valence-corrected chi connectivity index (χ3v) is 3.34. The fourth-order valence-electron chi connectivity index (χ4n) is 2.16. The van der Waals surface area contributed by atoms with Crippen molar-refractivity contribution in [2.75, 3.05) is 25.6 Å². The first-order chi connectivity index (χ1) is 11.4. The molecule has 3 aromatic rings. The molecule has 0 saturated carbocycles. The summed E-state index contributed by atoms with van der Waals surface area (Å²) in [5, 5.41) is 4.33. The van der Waals surface area contributed by atoms with Gasteiger partial charge in [-0.25, -0.2) is 15.0 Å². The average molecular weight is 310 g/mol. The lowest BCUT2D eigenvalue weighted by Crippen LogP contribution is -2.06. The molecular weight excluding hydrogens is 292 g/mol. The minimum atomic E-state index is 0.494. The highest BCUT2D eigenvalue weighted by molar-refractivity contribution is 5.88. The molecule has 0 fully saturated rings. The predicted molar refractivity (Wildman–Crippen MR) is 88.5 cm³/mol. The summed E-state index contributed by atoms with van der Waals surface area (Å²) in [5.41, 5.74) is 1.97. The predicted octanol–water partition coefficient (Wildman–Crippen LogP) is 2.66. The Morgan fingerprint density at radius 1 is 1.00 bits per heavy atom. The zero-order valence-corrected chi connectivity index (χ0v) is 12.9. The van der Waals surface area contributed by atoms with Gasteiger partial charge in [-0.2, -0.15) is 0 Å². The third-order valence-electron chi connectivity index (χ3n) is 3.34. The number of hydrogen-bond acceptors (Lipinski definition) is 6. The van der Waals surface area contributed by atoms with Gasteiger partial charge in [-0.05, 0) is 17.7 Å². The van der Waals surface area contributed by atoms with Crippen LogP contribution in [0.3, 0.4) is 0 Å². The van der Waals surface area contributed by atoms with E-state index >= 15 is 0 Å². The quantitative estimate of drug-likeness (QED) is 0.677. The molecule has 1 N–H and O–H groups in total. The molecule has 6 nitrogen and oxygen atoms in total. The van der Waals surface area contributed by atoms with Gasteiger partial charge in [0, 0.05) is 31.3 Å². The van der Waals surface area contributed by atoms with E-state index < -0.39 is 0 Å². The lowest BCUT2D eigenvalue weighted by atomic mass is 10.2. The Morgan fingerprint density at radius 3 is 2.74 bits per heavy atom. The van der Waals surface area contributed by atoms with E-state index in [1.165, 1.54) is 0 Å². The summed E-state index contributed by atoms with van der Waals surface area (Å²) >= 11 is 0. The molecule has 0 spiro atoms. The van der Waals surface area contributed by atoms with Crippen molar-refractivity contribution < 1.29 is 9.47 Å². The van der Waals surface area contributed by atoms with Crippen LogP contribution in [0.5, 0.6) is 5.88 Å². The van der Waals surface area contributed by atoms with Crippen molar-refractivity contribution in [3.8, 4) is 5.88 Å². The first-order valence-electron chi connectivity index (χ1n) is 7.37. The highest BCUT2D eigenvalue weighted by atomic mass is 16.5. The molecule has 3 rings (SSSR count). The van der Waals surface area contributed by atoms with Crippen molar-refractivity contribution in [2.24, 2.45) is 0 Å². The summed E-state index contributed by atoms with van der Waals surface area (Å²) in [7, 11) is 1.64. The van der Waals surface area contributed by atoms with Crippen LogP contribution in [-0.2, 0) is 11.3 Å². The number of nitrogens with zero attached hydrogens (tertiary/aromatic N) is 3. The van der Waals surface area contributed by atoms with Crippen molar-refractivity contribution in [3.63, 3.8) is 0 Å². The summed E-state index contributed by atoms with van der Waals surface area (Å²) < 4.78 is 10.4. The molecule has 0 aliphatic carbocycles. The molecule has 0 aliphatic heterocycles. The first-order valence-corrected chi connectivity index (χ1v) is 7.37. The standard InChI is InChI=1S/C17H18N4O2/c1-22-8-9-23-16-7-6-13(10-18-16)11-19-17-14-4-2-3-5-15(14)20-12-21-17/h2-7,10,12H,8-9,11H2,1H3,(H,19,20,21). The fraction of sp³-hybridized carbons (Fsp3) is 0.235. The Morgan fingerprint density at radius 2 is 1.91 bits per heavy atom. The van der Waals surface area contributed by atoms with Crippen molar-refractivity contribution in [1.29, 1.82) is 0 Å². The lowest BCUT2D eigenvalue weighted by molar-refractivity contribution is 0.143. The number of anilines is 1. The van der Waals surface area contributed by atoms with Crippen molar-refractivity contribution in [1.82, 2.24) is 15.0 Å². The molecule has 0 bridgehead atoms. The minimum absolute atomic E-state index is 0.494. The summed E-state index contributed by atoms with van der Waals surface area (Å²) in [4.78, 5) is 12.8. The molecule has 23 heavy (non-hydrogen) atoms. The van der Waals surface area contributed by atoms with Crippen LogP contribution in [0.1, 0.15) is 5.56 Å². The van der Waals surface area contributed by atoms with Crippen LogP contribution in [0, 0.1) is 0 Å². The van der Waals surface area contributed by atoms with Gasteiger partial charge in [0.15, 0.2) is 0 Å². The molecule has 0 radical (unpaired) electrons. The summed E-state index contributed by atoms with van der Waals surface area (Å²) in [6, 6.07) is 11.7. The second-order valence-corrected chi connectivity index (χ2v) is 4.94. The summed E-state index contributed by atoms with van der Waals surface area (Å²) in [5.74, 6) is 1.41. The number of para-hydroxylation sites is 1. The maximum Gasteiger partial charge on any atom is 0.213 e. The van der Waals surface area contributed by atoms with Crippen LogP contribution in [-0.4, -0.2) is 35.3 Å². The van der Waals surface area contributed by atoms with E-state index in [0.717, 1.165) is 22.3 Å². The summed E-state index contributed by atoms with van der Waals surface area (Å²) in [6.07, 6.45) is 3.36. The van der Waals surface area contributed by atoms with Gasteiger partial charge in [-0.3, -0.25) is 0 Å². The van der Waals surface area contributed by atoms with Gasteiger partial charge in [-0.1, -0.05) is 18.2 Å². The van der Waals surface area contributed by atoms with Crippen LogP contribution in [0.25, 0.3) is 10.9 Å². The molecule has 0 saturated heterocycles. The Hall–Kier alpha value is -2.73. The molecule has 2 heterocycles. The largest absolute Gasteiger partial charge is 0.475 e. The maximum atomic E-state index is 5.44. The Labute approximate surface area is 134 Å². The average Bonchev–Trinajstić information content (AvgIpc) is 2.61. The zero-order chi connectivity index (χ0) is 15.9. The van der Waals surface area contributed by atoms with Gasteiger partial charge < -0.3 is 14.8 Å². The number of rotatable bonds is 7. The summed E-state index contributed by atoms with van der Waals surface area (Å²) in [6.45, 7) is 1.67. The monoisotopic (exact) mass is 310 g/mol. The van der Waals surface area contributed by atoms with Gasteiger partial charge in [0.2, 0.25) is 5.88 Å². The Balaban J connectivity index is 1.63. The van der Waals surface area contributed by atoms with Crippen molar-refractivity contribution in [2.45, 2.75) is 6.54 Å². The zero-order valence-electron chi connectivity index (χ0n) is 12.9. The van der Waals surface area contributed by atoms with Gasteiger partial charge in [0.1, 0.15) is 18.8 Å². The van der Waals surface area contributed by atoms with Crippen molar-refractivity contribution >= 4 is 16.7 Å². The minimum Gasteiger partial charge on any atom is -0.475 e. The first kappa shape index (κ1) is 15.2. The van der Waals surface area contributed by atoms with Gasteiger partial charge in [0.25, 0.3) is 0 Å². The van der Waals surface area contributed by atoms with Crippen molar-refractivity contribution in [3.05, 3.63) is 54.5 Å². The maximum absolute atomic E-state index is 5.44. The molecule has 0 atom stereocenters. The van der Waals surface area contributed by atoms with Gasteiger partial charge >= 0.3 is 0 Å². The van der Waals surface area contributed by atoms with E-state index in [0.29, 0.717) is 25.6 Å². The van der Waals surface area contributed by atoms with E-state index in [1.54, 1.807) is 19.6 Å². The number of pyridine rings is 1. The van der Waals surface area contributed by atoms with E-state index in [9.17, 15) is 0 Å². The number of methoxy groups -OCH3 is 1. The number of ether oxygens (including phenoxy) is 2. The van der Waals surface area contributed by atoms with E-state index in [4.69, 9.17) is 9.47 Å². The van der Waals surface area contributed by atoms with Crippen LogP contribution < -0.4 is 10.1 Å². The third kappa shape index (κ3) is 3.92. The molecule has 0 unspecified atom stereocenters. The van der Waals surface area contributed by atoms with E-state index in [2.05, 4.69) is 20.3 Å². The SMILES string of the molecule is COCCOc1ccc(CNc2ncnc3ccccc23)cn1. The van der Waals surface area contributed by atoms with Crippen LogP contribution in [0.4, 0.5) is 5.82 Å². The second kappa shape index (κ2) is 7.51. The Kier molecular flexibility index (Phi) is 4.95. The second-order valence-electron chi connectivity index (χ2n) is 4.94. The molecule has 6 heteroatoms. The van der Waals surface area contributed by atoms with Crippen LogP contribution >= 0.6 is 0 Å². The smallest absolute Gasteiger partial charge is 0.213 e. The fourth-order valence-corrected chi connectivity index (χ4v) is 2.16. The molecule has 118 valence electrons. The number of benzene rings is 1. The highest BCUT2D eigenvalue weighted by Crippen LogP contribution is 2.19. The topological polar surface area (TPSA) is 69.2 Å². The number of hydrogen-bond donors (Lipinski definition) is 1. The van der Waals surface area contributed by atoms with Crippen LogP contribution in [0.2, 0.25) is 0 Å². The van der Waals surface area contributed by atoms with E-state index in [-0.39, 0.29) is 0 Å². The van der Waals surface area contributed by atoms with Gasteiger partial charge in [-0.15, -0.1) is 0 Å². The molecule has 0 amide bonds. The van der Waals surface area contributed by atoms with Gasteiger partial charge in [0.05, 0.1) is 12.1 Å². The van der Waals surface area contributed by atoms with E-state index in [1.807, 2.05) is 36.4 Å². The highest BCUT2D eigenvalue weighted by Gasteiger charge is 2.03. The van der Waals surface area contributed by atoms with Crippen LogP contribution in [0.15, 0.2) is 48.9 Å². The normalized spacial score (nSPS) is 10.7. The lowest BCUT2D eigenvalue weighted by Gasteiger charge is -2.09. The molecule has 2 aromatic heterocycles. The molecule has 0 aliphatic rings. The number of fused-ring (bicyclic) bond motifs is 1. The number of nitrogens with one attached hydrogen (secondary N) is 1. The number of aromatic nitrogens is 3. The Bertz CT molecular complexity index is 757. The molecule has 1 aromatic carbocycles. The molecular formula is C17H18N4O2.